The number of amides is 1. The molecule has 4 aromatic rings. The Bertz CT molecular complexity index is 1370. The molecule has 33 heavy (non-hydrogen) atoms. The van der Waals surface area contributed by atoms with E-state index in [9.17, 15) is 9.59 Å². The molecule has 5 rings (SSSR count). The zero-order chi connectivity index (χ0) is 22.9. The fourth-order valence-corrected chi connectivity index (χ4v) is 4.85. The summed E-state index contributed by atoms with van der Waals surface area (Å²) in [6, 6.07) is 19.7. The van der Waals surface area contributed by atoms with Gasteiger partial charge in [0.25, 0.3) is 5.91 Å². The van der Waals surface area contributed by atoms with Gasteiger partial charge in [0.2, 0.25) is 0 Å². The first-order valence-corrected chi connectivity index (χ1v) is 11.7. The summed E-state index contributed by atoms with van der Waals surface area (Å²) in [6.07, 6.45) is 0. The molecule has 1 amide bonds. The van der Waals surface area contributed by atoms with Gasteiger partial charge in [-0.25, -0.2) is 4.98 Å². The molecular formula is C25H16Cl2N2O3S. The smallest absolute Gasteiger partial charge is 0.265 e. The normalized spacial score (nSPS) is 12.9. The minimum Gasteiger partial charge on any atom is -0.482 e. The minimum absolute atomic E-state index is 0.0950. The van der Waals surface area contributed by atoms with Crippen molar-refractivity contribution in [2.75, 3.05) is 18.1 Å². The lowest BCUT2D eigenvalue weighted by Crippen LogP contribution is -2.42. The van der Waals surface area contributed by atoms with E-state index in [1.165, 1.54) is 16.2 Å². The summed E-state index contributed by atoms with van der Waals surface area (Å²) < 4.78 is 5.59. The van der Waals surface area contributed by atoms with Crippen molar-refractivity contribution in [3.05, 3.63) is 87.7 Å². The van der Waals surface area contributed by atoms with Crippen molar-refractivity contribution in [2.24, 2.45) is 0 Å². The first kappa shape index (κ1) is 21.6. The summed E-state index contributed by atoms with van der Waals surface area (Å²) in [5.74, 6) is 0.0775. The van der Waals surface area contributed by atoms with Gasteiger partial charge in [0.05, 0.1) is 22.9 Å². The van der Waals surface area contributed by atoms with Crippen LogP contribution in [0.1, 0.15) is 10.4 Å². The minimum atomic E-state index is -0.281. The number of carbonyl (C=O) groups is 2. The molecule has 0 saturated heterocycles. The number of halogens is 2. The number of fused-ring (bicyclic) bond motifs is 1. The first-order chi connectivity index (χ1) is 16.0. The van der Waals surface area contributed by atoms with Crippen LogP contribution in [0, 0.1) is 0 Å². The lowest BCUT2D eigenvalue weighted by molar-refractivity contribution is -0.121. The van der Waals surface area contributed by atoms with E-state index in [1.807, 2.05) is 41.8 Å². The molecule has 0 unspecified atom stereocenters. The summed E-state index contributed by atoms with van der Waals surface area (Å²) in [5, 5.41) is 3.92. The molecule has 0 fully saturated rings. The van der Waals surface area contributed by atoms with Gasteiger partial charge in [-0.15, -0.1) is 11.3 Å². The number of ether oxygens (including phenoxy) is 1. The SMILES string of the molecule is O=C(CN1C(=O)COc2ccc(-c3csc(-c4ccccc4Cl)n3)cc21)c1ccc(Cl)cc1. The molecule has 0 N–H and O–H groups in total. The molecule has 2 heterocycles. The molecule has 5 nitrogen and oxygen atoms in total. The predicted octanol–water partition coefficient (Wildman–Crippen LogP) is 6.39. The Labute approximate surface area is 204 Å². The molecule has 0 spiro atoms. The number of ketones is 1. The zero-order valence-electron chi connectivity index (χ0n) is 17.1. The molecule has 3 aromatic carbocycles. The van der Waals surface area contributed by atoms with Crippen molar-refractivity contribution in [1.82, 2.24) is 4.98 Å². The van der Waals surface area contributed by atoms with Crippen molar-refractivity contribution >= 4 is 51.9 Å². The molecule has 8 heteroatoms. The molecule has 0 atom stereocenters. The van der Waals surface area contributed by atoms with E-state index in [0.29, 0.717) is 27.0 Å². The van der Waals surface area contributed by atoms with Crippen LogP contribution in [0.2, 0.25) is 10.0 Å². The topological polar surface area (TPSA) is 59.5 Å². The average Bonchev–Trinajstić information content (AvgIpc) is 3.31. The maximum absolute atomic E-state index is 12.8. The molecular weight excluding hydrogens is 479 g/mol. The van der Waals surface area contributed by atoms with E-state index in [-0.39, 0.29) is 24.8 Å². The number of hydrogen-bond donors (Lipinski definition) is 0. The lowest BCUT2D eigenvalue weighted by atomic mass is 10.1. The number of anilines is 1. The van der Waals surface area contributed by atoms with E-state index in [2.05, 4.69) is 0 Å². The Balaban J connectivity index is 1.46. The second-order valence-corrected chi connectivity index (χ2v) is 9.10. The molecule has 0 bridgehead atoms. The van der Waals surface area contributed by atoms with Crippen LogP contribution in [-0.4, -0.2) is 29.8 Å². The molecule has 1 aliphatic rings. The molecule has 1 aliphatic heterocycles. The Morgan fingerprint density at radius 1 is 1.06 bits per heavy atom. The molecule has 0 radical (unpaired) electrons. The Morgan fingerprint density at radius 2 is 1.85 bits per heavy atom. The van der Waals surface area contributed by atoms with Gasteiger partial charge in [0.15, 0.2) is 12.4 Å². The van der Waals surface area contributed by atoms with Crippen LogP contribution < -0.4 is 9.64 Å². The number of benzene rings is 3. The summed E-state index contributed by atoms with van der Waals surface area (Å²) in [4.78, 5) is 31.7. The largest absolute Gasteiger partial charge is 0.482 e. The highest BCUT2D eigenvalue weighted by Gasteiger charge is 2.28. The van der Waals surface area contributed by atoms with Crippen molar-refractivity contribution in [3.8, 4) is 27.6 Å². The third kappa shape index (κ3) is 4.37. The van der Waals surface area contributed by atoms with Crippen LogP contribution in [0.25, 0.3) is 21.8 Å². The van der Waals surface area contributed by atoms with E-state index in [4.69, 9.17) is 32.9 Å². The third-order valence-electron chi connectivity index (χ3n) is 5.27. The maximum atomic E-state index is 12.8. The second kappa shape index (κ2) is 8.98. The third-order valence-corrected chi connectivity index (χ3v) is 6.73. The monoisotopic (exact) mass is 494 g/mol. The van der Waals surface area contributed by atoms with E-state index < -0.39 is 0 Å². The highest BCUT2D eigenvalue weighted by Crippen LogP contribution is 2.38. The van der Waals surface area contributed by atoms with Crippen LogP contribution in [0.15, 0.2) is 72.1 Å². The van der Waals surface area contributed by atoms with Gasteiger partial charge < -0.3 is 4.74 Å². The maximum Gasteiger partial charge on any atom is 0.265 e. The van der Waals surface area contributed by atoms with Crippen LogP contribution in [0.5, 0.6) is 5.75 Å². The quantitative estimate of drug-likeness (QED) is 0.301. The zero-order valence-corrected chi connectivity index (χ0v) is 19.5. The second-order valence-electron chi connectivity index (χ2n) is 7.40. The van der Waals surface area contributed by atoms with Gasteiger partial charge in [-0.05, 0) is 48.5 Å². The number of thiazole rings is 1. The fraction of sp³-hybridized carbons (Fsp3) is 0.0800. The number of carbonyl (C=O) groups excluding carboxylic acids is 2. The van der Waals surface area contributed by atoms with E-state index >= 15 is 0 Å². The molecule has 0 saturated carbocycles. The highest BCUT2D eigenvalue weighted by atomic mass is 35.5. The fourth-order valence-electron chi connectivity index (χ4n) is 3.57. The van der Waals surface area contributed by atoms with Gasteiger partial charge in [-0.2, -0.15) is 0 Å². The Hall–Kier alpha value is -3.19. The van der Waals surface area contributed by atoms with Gasteiger partial charge in [0, 0.05) is 27.1 Å². The summed E-state index contributed by atoms with van der Waals surface area (Å²) in [6.45, 7) is -0.212. The van der Waals surface area contributed by atoms with Crippen molar-refractivity contribution in [2.45, 2.75) is 0 Å². The summed E-state index contributed by atoms with van der Waals surface area (Å²) in [7, 11) is 0. The van der Waals surface area contributed by atoms with Crippen molar-refractivity contribution in [1.29, 1.82) is 0 Å². The number of Topliss-reactive ketones (excluding diaryl/α,β-unsaturated/α-hetero) is 1. The number of aromatic nitrogens is 1. The number of hydrogen-bond acceptors (Lipinski definition) is 5. The first-order valence-electron chi connectivity index (χ1n) is 10.1. The molecule has 0 aliphatic carbocycles. The predicted molar refractivity (Wildman–Crippen MR) is 132 cm³/mol. The van der Waals surface area contributed by atoms with Crippen LogP contribution in [0.4, 0.5) is 5.69 Å². The average molecular weight is 495 g/mol. The van der Waals surface area contributed by atoms with Crippen molar-refractivity contribution < 1.29 is 14.3 Å². The van der Waals surface area contributed by atoms with Crippen molar-refractivity contribution in [3.63, 3.8) is 0 Å². The summed E-state index contributed by atoms with van der Waals surface area (Å²) >= 11 is 13.7. The van der Waals surface area contributed by atoms with Crippen LogP contribution >= 0.6 is 34.5 Å². The van der Waals surface area contributed by atoms with Gasteiger partial charge in [-0.1, -0.05) is 41.4 Å². The van der Waals surface area contributed by atoms with Gasteiger partial charge in [0.1, 0.15) is 10.8 Å². The van der Waals surface area contributed by atoms with Gasteiger partial charge in [-0.3, -0.25) is 14.5 Å². The van der Waals surface area contributed by atoms with E-state index in [0.717, 1.165) is 21.8 Å². The van der Waals surface area contributed by atoms with E-state index in [1.54, 1.807) is 30.3 Å². The number of rotatable bonds is 5. The van der Waals surface area contributed by atoms with Crippen LogP contribution in [-0.2, 0) is 4.79 Å². The standard InChI is InChI=1S/C25H16Cl2N2O3S/c26-17-8-5-15(6-9-17)22(30)12-29-21-11-16(7-10-23(21)32-13-24(29)31)20-14-33-25(28-20)18-3-1-2-4-19(18)27/h1-11,14H,12-13H2. The summed E-state index contributed by atoms with van der Waals surface area (Å²) in [5.41, 5.74) is 3.45. The molecule has 1 aromatic heterocycles. The Kier molecular flexibility index (Phi) is 5.89. The van der Waals surface area contributed by atoms with Crippen LogP contribution in [0.3, 0.4) is 0 Å². The van der Waals surface area contributed by atoms with Gasteiger partial charge >= 0.3 is 0 Å². The molecule has 164 valence electrons. The highest BCUT2D eigenvalue weighted by molar-refractivity contribution is 7.13. The lowest BCUT2D eigenvalue weighted by Gasteiger charge is -2.29. The number of nitrogens with zero attached hydrogens (tertiary/aromatic N) is 2. The Morgan fingerprint density at radius 3 is 2.64 bits per heavy atom.